The lowest BCUT2D eigenvalue weighted by Gasteiger charge is -2.28. The Bertz CT molecular complexity index is 504. The van der Waals surface area contributed by atoms with Gasteiger partial charge in [-0.05, 0) is 18.8 Å². The van der Waals surface area contributed by atoms with Crippen molar-refractivity contribution >= 4 is 17.3 Å². The Labute approximate surface area is 124 Å². The number of ether oxygens (including phenoxy) is 1. The molecule has 6 heteroatoms. The average Bonchev–Trinajstić information content (AvgIpc) is 2.43. The van der Waals surface area contributed by atoms with Crippen LogP contribution in [0.2, 0.25) is 5.02 Å². The number of rotatable bonds is 5. The van der Waals surface area contributed by atoms with Crippen molar-refractivity contribution in [3.63, 3.8) is 0 Å². The van der Waals surface area contributed by atoms with E-state index in [1.807, 2.05) is 0 Å². The van der Waals surface area contributed by atoms with Crippen LogP contribution in [0.15, 0.2) is 11.0 Å². The van der Waals surface area contributed by atoms with Crippen molar-refractivity contribution < 1.29 is 4.74 Å². The number of aromatic nitrogens is 2. The fourth-order valence-corrected chi connectivity index (χ4v) is 2.89. The maximum absolute atomic E-state index is 12.1. The second kappa shape index (κ2) is 7.09. The van der Waals surface area contributed by atoms with Crippen molar-refractivity contribution in [2.45, 2.75) is 45.2 Å². The number of hydrogen-bond donors (Lipinski definition) is 1. The maximum Gasteiger partial charge on any atom is 0.287 e. The molecule has 1 fully saturated rings. The van der Waals surface area contributed by atoms with Crippen LogP contribution < -0.4 is 10.9 Å². The molecule has 1 heterocycles. The van der Waals surface area contributed by atoms with Crippen molar-refractivity contribution in [3.8, 4) is 0 Å². The molecule has 20 heavy (non-hydrogen) atoms. The molecule has 0 saturated heterocycles. The summed E-state index contributed by atoms with van der Waals surface area (Å²) in [5, 5.41) is 7.72. The minimum atomic E-state index is -0.266. The first-order valence-corrected chi connectivity index (χ1v) is 7.50. The van der Waals surface area contributed by atoms with Gasteiger partial charge < -0.3 is 10.1 Å². The van der Waals surface area contributed by atoms with E-state index in [0.29, 0.717) is 24.9 Å². The lowest BCUT2D eigenvalue weighted by atomic mass is 9.87. The monoisotopic (exact) mass is 299 g/mol. The van der Waals surface area contributed by atoms with Gasteiger partial charge in [-0.3, -0.25) is 4.79 Å². The molecule has 0 spiro atoms. The molecule has 0 bridgehead atoms. The molecule has 112 valence electrons. The summed E-state index contributed by atoms with van der Waals surface area (Å²) in [6, 6.07) is 0.382. The second-order valence-corrected chi connectivity index (χ2v) is 5.88. The molecule has 2 rings (SSSR count). The van der Waals surface area contributed by atoms with Crippen molar-refractivity contribution in [3.05, 3.63) is 21.6 Å². The minimum Gasteiger partial charge on any atom is -0.383 e. The summed E-state index contributed by atoms with van der Waals surface area (Å²) in [6.45, 7) is 3.11. The van der Waals surface area contributed by atoms with Crippen molar-refractivity contribution in [2.24, 2.45) is 5.92 Å². The van der Waals surface area contributed by atoms with Crippen LogP contribution in [0, 0.1) is 5.92 Å². The molecule has 1 aromatic rings. The number of nitrogens with zero attached hydrogens (tertiary/aromatic N) is 2. The first-order valence-electron chi connectivity index (χ1n) is 7.13. The summed E-state index contributed by atoms with van der Waals surface area (Å²) in [6.07, 6.45) is 6.37. The van der Waals surface area contributed by atoms with Gasteiger partial charge in [0.15, 0.2) is 0 Å². The smallest absolute Gasteiger partial charge is 0.287 e. The Balaban J connectivity index is 2.09. The molecule has 1 aliphatic carbocycles. The molecule has 0 amide bonds. The molecular formula is C14H22ClN3O2. The van der Waals surface area contributed by atoms with Crippen LogP contribution in [0.3, 0.4) is 0 Å². The van der Waals surface area contributed by atoms with Gasteiger partial charge in [0.05, 0.1) is 25.0 Å². The first kappa shape index (κ1) is 15.3. The Morgan fingerprint density at radius 3 is 3.05 bits per heavy atom. The second-order valence-electron chi connectivity index (χ2n) is 5.51. The zero-order chi connectivity index (χ0) is 14.5. The van der Waals surface area contributed by atoms with E-state index >= 15 is 0 Å². The normalized spacial score (nSPS) is 22.8. The highest BCUT2D eigenvalue weighted by Crippen LogP contribution is 2.27. The van der Waals surface area contributed by atoms with E-state index in [0.717, 1.165) is 18.8 Å². The molecule has 2 atom stereocenters. The van der Waals surface area contributed by atoms with Gasteiger partial charge in [0.2, 0.25) is 0 Å². The fraction of sp³-hybridized carbons (Fsp3) is 0.714. The van der Waals surface area contributed by atoms with Crippen LogP contribution in [-0.2, 0) is 11.3 Å². The van der Waals surface area contributed by atoms with Crippen molar-refractivity contribution in [1.82, 2.24) is 9.78 Å². The zero-order valence-corrected chi connectivity index (χ0v) is 12.8. The third kappa shape index (κ3) is 3.73. The Kier molecular flexibility index (Phi) is 5.43. The Hall–Kier alpha value is -1.07. The Morgan fingerprint density at radius 2 is 2.35 bits per heavy atom. The van der Waals surface area contributed by atoms with Gasteiger partial charge in [-0.2, -0.15) is 5.10 Å². The van der Waals surface area contributed by atoms with E-state index in [4.69, 9.17) is 16.3 Å². The van der Waals surface area contributed by atoms with Crippen LogP contribution in [0.25, 0.3) is 0 Å². The third-order valence-corrected chi connectivity index (χ3v) is 4.15. The number of nitrogens with one attached hydrogen (secondary N) is 1. The third-order valence-electron chi connectivity index (χ3n) is 3.79. The predicted molar refractivity (Wildman–Crippen MR) is 80.4 cm³/mol. The maximum atomic E-state index is 12.1. The fourth-order valence-electron chi connectivity index (χ4n) is 2.69. The summed E-state index contributed by atoms with van der Waals surface area (Å²) >= 11 is 6.16. The van der Waals surface area contributed by atoms with Gasteiger partial charge in [0.25, 0.3) is 5.56 Å². The molecule has 1 aliphatic rings. The van der Waals surface area contributed by atoms with E-state index < -0.39 is 0 Å². The largest absolute Gasteiger partial charge is 0.383 e. The molecule has 1 N–H and O–H groups in total. The van der Waals surface area contributed by atoms with Crippen LogP contribution in [0.4, 0.5) is 5.69 Å². The number of halogens is 1. The van der Waals surface area contributed by atoms with Gasteiger partial charge in [-0.1, -0.05) is 31.4 Å². The van der Waals surface area contributed by atoms with Crippen LogP contribution in [0.1, 0.15) is 32.6 Å². The van der Waals surface area contributed by atoms with Crippen LogP contribution in [0.5, 0.6) is 0 Å². The quantitative estimate of drug-likeness (QED) is 0.908. The average molecular weight is 300 g/mol. The zero-order valence-electron chi connectivity index (χ0n) is 12.1. The summed E-state index contributed by atoms with van der Waals surface area (Å²) < 4.78 is 6.28. The molecule has 0 radical (unpaired) electrons. The van der Waals surface area contributed by atoms with E-state index in [1.165, 1.54) is 17.5 Å². The van der Waals surface area contributed by atoms with E-state index in [9.17, 15) is 4.79 Å². The minimum absolute atomic E-state index is 0.217. The molecular weight excluding hydrogens is 278 g/mol. The standard InChI is InChI=1S/C14H22ClN3O2/c1-10-4-3-5-11(8-10)17-12-9-16-18(6-7-20-2)14(19)13(12)15/h9-11,17H,3-8H2,1-2H3. The Morgan fingerprint density at radius 1 is 1.55 bits per heavy atom. The van der Waals surface area contributed by atoms with Gasteiger partial charge in [-0.15, -0.1) is 0 Å². The first-order chi connectivity index (χ1) is 9.61. The van der Waals surface area contributed by atoms with Gasteiger partial charge in [-0.25, -0.2) is 4.68 Å². The topological polar surface area (TPSA) is 56.1 Å². The van der Waals surface area contributed by atoms with Gasteiger partial charge >= 0.3 is 0 Å². The predicted octanol–water partition coefficient (Wildman–Crippen LogP) is 2.53. The SMILES string of the molecule is COCCn1ncc(NC2CCCC(C)C2)c(Cl)c1=O. The molecule has 0 aromatic carbocycles. The number of hydrogen-bond acceptors (Lipinski definition) is 4. The van der Waals surface area contributed by atoms with Crippen molar-refractivity contribution in [2.75, 3.05) is 19.0 Å². The highest BCUT2D eigenvalue weighted by atomic mass is 35.5. The summed E-state index contributed by atoms with van der Waals surface area (Å²) in [5.74, 6) is 0.718. The number of methoxy groups -OCH3 is 1. The molecule has 2 unspecified atom stereocenters. The summed E-state index contributed by atoms with van der Waals surface area (Å²) in [7, 11) is 1.59. The summed E-state index contributed by atoms with van der Waals surface area (Å²) in [4.78, 5) is 12.1. The molecule has 5 nitrogen and oxygen atoms in total. The van der Waals surface area contributed by atoms with Crippen LogP contribution in [-0.4, -0.2) is 29.5 Å². The van der Waals surface area contributed by atoms with Crippen LogP contribution >= 0.6 is 11.6 Å². The summed E-state index contributed by atoms with van der Waals surface area (Å²) in [5.41, 5.74) is 0.377. The van der Waals surface area contributed by atoms with Gasteiger partial charge in [0.1, 0.15) is 5.02 Å². The van der Waals surface area contributed by atoms with Crippen molar-refractivity contribution in [1.29, 1.82) is 0 Å². The lowest BCUT2D eigenvalue weighted by Crippen LogP contribution is -2.30. The van der Waals surface area contributed by atoms with Gasteiger partial charge in [0, 0.05) is 13.2 Å². The molecule has 0 aliphatic heterocycles. The lowest BCUT2D eigenvalue weighted by molar-refractivity contribution is 0.182. The molecule has 1 saturated carbocycles. The van der Waals surface area contributed by atoms with E-state index in [1.54, 1.807) is 13.3 Å². The van der Waals surface area contributed by atoms with E-state index in [-0.39, 0.29) is 10.6 Å². The highest BCUT2D eigenvalue weighted by molar-refractivity contribution is 6.32. The number of anilines is 1. The molecule has 1 aromatic heterocycles. The van der Waals surface area contributed by atoms with E-state index in [2.05, 4.69) is 17.3 Å². The highest BCUT2D eigenvalue weighted by Gasteiger charge is 2.20.